The van der Waals surface area contributed by atoms with Gasteiger partial charge in [-0.3, -0.25) is 13.9 Å². The van der Waals surface area contributed by atoms with E-state index in [2.05, 4.69) is 5.32 Å². The second-order valence-electron chi connectivity index (χ2n) is 8.47. The molecule has 3 rings (SSSR count). The molecule has 0 saturated carbocycles. The van der Waals surface area contributed by atoms with Gasteiger partial charge in [0.05, 0.1) is 17.7 Å². The predicted octanol–water partition coefficient (Wildman–Crippen LogP) is 3.97. The van der Waals surface area contributed by atoms with Crippen LogP contribution >= 0.6 is 0 Å². The van der Waals surface area contributed by atoms with Crippen molar-refractivity contribution in [2.45, 2.75) is 37.8 Å². The first kappa shape index (κ1) is 28.6. The Hall–Kier alpha value is -3.92. The summed E-state index contributed by atoms with van der Waals surface area (Å²) in [5.74, 6) is -1.25. The molecule has 0 aliphatic carbocycles. The molecule has 0 saturated heterocycles. The van der Waals surface area contributed by atoms with Crippen LogP contribution in [-0.2, 0) is 26.2 Å². The van der Waals surface area contributed by atoms with Crippen molar-refractivity contribution in [1.82, 2.24) is 10.2 Å². The van der Waals surface area contributed by atoms with Gasteiger partial charge in [0.15, 0.2) is 0 Å². The second kappa shape index (κ2) is 13.0. The maximum atomic E-state index is 14.9. The van der Waals surface area contributed by atoms with Crippen molar-refractivity contribution >= 4 is 27.5 Å². The molecule has 8 nitrogen and oxygen atoms in total. The second-order valence-corrected chi connectivity index (χ2v) is 10.3. The zero-order chi connectivity index (χ0) is 27.7. The maximum absolute atomic E-state index is 14.9. The fraction of sp³-hybridized carbons (Fsp3) is 0.286. The van der Waals surface area contributed by atoms with Gasteiger partial charge in [-0.2, -0.15) is 0 Å². The number of likely N-dealkylation sites (N-methyl/N-ethyl adjacent to an activating group) is 1. The smallest absolute Gasteiger partial charge is 0.264 e. The van der Waals surface area contributed by atoms with Crippen LogP contribution in [0.4, 0.5) is 10.1 Å². The molecular weight excluding hydrogens is 509 g/mol. The number of carbonyl (C=O) groups excluding carboxylic acids is 2. The number of halogens is 1. The third-order valence-electron chi connectivity index (χ3n) is 5.96. The summed E-state index contributed by atoms with van der Waals surface area (Å²) in [5, 5.41) is 2.74. The fourth-order valence-electron chi connectivity index (χ4n) is 4.07. The number of anilines is 1. The summed E-state index contributed by atoms with van der Waals surface area (Å²) in [7, 11) is -2.81. The SMILES string of the molecule is CCNC(=O)C(CC)N(Cc1cccc(OC)c1)C(=O)CN(c1ccccc1F)S(=O)(=O)c1ccccc1. The third-order valence-corrected chi connectivity index (χ3v) is 7.73. The molecule has 0 aliphatic heterocycles. The first-order valence-electron chi connectivity index (χ1n) is 12.2. The summed E-state index contributed by atoms with van der Waals surface area (Å²) in [6, 6.07) is 19.0. The van der Waals surface area contributed by atoms with Crippen molar-refractivity contribution in [3.63, 3.8) is 0 Å². The molecule has 10 heteroatoms. The monoisotopic (exact) mass is 541 g/mol. The normalized spacial score (nSPS) is 11.9. The van der Waals surface area contributed by atoms with Crippen LogP contribution in [0.25, 0.3) is 0 Å². The van der Waals surface area contributed by atoms with Gasteiger partial charge in [0.1, 0.15) is 24.2 Å². The van der Waals surface area contributed by atoms with Gasteiger partial charge in [0.2, 0.25) is 11.8 Å². The minimum Gasteiger partial charge on any atom is -0.497 e. The Balaban J connectivity index is 2.07. The first-order chi connectivity index (χ1) is 18.2. The van der Waals surface area contributed by atoms with Crippen LogP contribution in [0.15, 0.2) is 83.8 Å². The lowest BCUT2D eigenvalue weighted by molar-refractivity contribution is -0.140. The van der Waals surface area contributed by atoms with Gasteiger partial charge >= 0.3 is 0 Å². The van der Waals surface area contributed by atoms with E-state index in [0.717, 1.165) is 10.4 Å². The molecule has 0 bridgehead atoms. The molecule has 0 heterocycles. The fourth-order valence-corrected chi connectivity index (χ4v) is 5.51. The number of sulfonamides is 1. The van der Waals surface area contributed by atoms with Gasteiger partial charge in [-0.05, 0) is 55.3 Å². The van der Waals surface area contributed by atoms with E-state index < -0.39 is 34.3 Å². The Labute approximate surface area is 223 Å². The number of carbonyl (C=O) groups is 2. The van der Waals surface area contributed by atoms with E-state index in [9.17, 15) is 22.4 Å². The van der Waals surface area contributed by atoms with Crippen molar-refractivity contribution in [1.29, 1.82) is 0 Å². The van der Waals surface area contributed by atoms with Gasteiger partial charge in [0.25, 0.3) is 10.0 Å². The standard InChI is InChI=1S/C28H32FN3O5S/c1-4-25(28(34)30-5-2)31(19-21-12-11-13-22(18-21)37-3)27(33)20-32(26-17-10-9-16-24(26)29)38(35,36)23-14-7-6-8-15-23/h6-18,25H,4-5,19-20H2,1-3H3,(H,30,34). The summed E-state index contributed by atoms with van der Waals surface area (Å²) in [4.78, 5) is 28.0. The minimum atomic E-state index is -4.33. The quantitative estimate of drug-likeness (QED) is 0.374. The van der Waals surface area contributed by atoms with Gasteiger partial charge in [-0.15, -0.1) is 0 Å². The van der Waals surface area contributed by atoms with Gasteiger partial charge in [-0.25, -0.2) is 12.8 Å². The molecular formula is C28H32FN3O5S. The molecule has 2 amide bonds. The van der Waals surface area contributed by atoms with E-state index >= 15 is 0 Å². The number of rotatable bonds is 12. The van der Waals surface area contributed by atoms with Crippen molar-refractivity contribution in [3.8, 4) is 5.75 Å². The van der Waals surface area contributed by atoms with E-state index in [0.29, 0.717) is 17.9 Å². The molecule has 202 valence electrons. The molecule has 0 fully saturated rings. The summed E-state index contributed by atoms with van der Waals surface area (Å²) in [5.41, 5.74) is 0.417. The molecule has 3 aromatic carbocycles. The van der Waals surface area contributed by atoms with Crippen LogP contribution in [-0.4, -0.2) is 51.4 Å². The lowest BCUT2D eigenvalue weighted by Gasteiger charge is -2.33. The largest absolute Gasteiger partial charge is 0.497 e. The molecule has 0 aliphatic rings. The summed E-state index contributed by atoms with van der Waals surface area (Å²) < 4.78 is 48.3. The highest BCUT2D eigenvalue weighted by Crippen LogP contribution is 2.27. The number of amides is 2. The van der Waals surface area contributed by atoms with Crippen molar-refractivity contribution in [2.24, 2.45) is 0 Å². The minimum absolute atomic E-state index is 0.0160. The Bertz CT molecular complexity index is 1350. The van der Waals surface area contributed by atoms with Gasteiger partial charge < -0.3 is 15.0 Å². The average molecular weight is 542 g/mol. The Morgan fingerprint density at radius 3 is 2.29 bits per heavy atom. The average Bonchev–Trinajstić information content (AvgIpc) is 2.92. The van der Waals surface area contributed by atoms with Crippen LogP contribution in [0, 0.1) is 5.82 Å². The number of benzene rings is 3. The molecule has 38 heavy (non-hydrogen) atoms. The number of hydrogen-bond donors (Lipinski definition) is 1. The molecule has 3 aromatic rings. The third kappa shape index (κ3) is 6.69. The van der Waals surface area contributed by atoms with Crippen LogP contribution in [0.5, 0.6) is 5.75 Å². The van der Waals surface area contributed by atoms with Crippen LogP contribution in [0.3, 0.4) is 0 Å². The zero-order valence-corrected chi connectivity index (χ0v) is 22.4. The van der Waals surface area contributed by atoms with E-state index in [-0.39, 0.29) is 29.5 Å². The van der Waals surface area contributed by atoms with Crippen molar-refractivity contribution in [3.05, 3.63) is 90.2 Å². The predicted molar refractivity (Wildman–Crippen MR) is 144 cm³/mol. The van der Waals surface area contributed by atoms with Crippen LogP contribution in [0.2, 0.25) is 0 Å². The highest BCUT2D eigenvalue weighted by molar-refractivity contribution is 7.92. The lowest BCUT2D eigenvalue weighted by atomic mass is 10.1. The van der Waals surface area contributed by atoms with E-state index in [4.69, 9.17) is 4.74 Å². The maximum Gasteiger partial charge on any atom is 0.264 e. The lowest BCUT2D eigenvalue weighted by Crippen LogP contribution is -2.52. The van der Waals surface area contributed by atoms with E-state index in [1.54, 1.807) is 56.3 Å². The van der Waals surface area contributed by atoms with Crippen molar-refractivity contribution < 1.29 is 27.1 Å². The Morgan fingerprint density at radius 2 is 1.66 bits per heavy atom. The highest BCUT2D eigenvalue weighted by atomic mass is 32.2. The molecule has 0 radical (unpaired) electrons. The number of methoxy groups -OCH3 is 1. The van der Waals surface area contributed by atoms with Gasteiger partial charge in [-0.1, -0.05) is 49.4 Å². The van der Waals surface area contributed by atoms with Crippen LogP contribution < -0.4 is 14.4 Å². The van der Waals surface area contributed by atoms with E-state index in [1.807, 2.05) is 0 Å². The van der Waals surface area contributed by atoms with Gasteiger partial charge in [0, 0.05) is 13.1 Å². The van der Waals surface area contributed by atoms with Crippen LogP contribution in [0.1, 0.15) is 25.8 Å². The molecule has 1 unspecified atom stereocenters. The molecule has 0 spiro atoms. The zero-order valence-electron chi connectivity index (χ0n) is 21.6. The Kier molecular flexibility index (Phi) is 9.84. The Morgan fingerprint density at radius 1 is 0.974 bits per heavy atom. The van der Waals surface area contributed by atoms with Crippen molar-refractivity contribution in [2.75, 3.05) is 24.5 Å². The molecule has 1 atom stereocenters. The summed E-state index contributed by atoms with van der Waals surface area (Å²) in [6.45, 7) is 3.20. The highest BCUT2D eigenvalue weighted by Gasteiger charge is 2.34. The summed E-state index contributed by atoms with van der Waals surface area (Å²) >= 11 is 0. The van der Waals surface area contributed by atoms with E-state index in [1.165, 1.54) is 42.3 Å². The first-order valence-corrected chi connectivity index (χ1v) is 13.7. The number of para-hydroxylation sites is 1. The topological polar surface area (TPSA) is 96.0 Å². The number of ether oxygens (including phenoxy) is 1. The number of nitrogens with one attached hydrogen (secondary N) is 1. The summed E-state index contributed by atoms with van der Waals surface area (Å²) in [6.07, 6.45) is 0.284. The number of hydrogen-bond acceptors (Lipinski definition) is 5. The molecule has 0 aromatic heterocycles. The number of nitrogens with zero attached hydrogens (tertiary/aromatic N) is 2. The molecule has 1 N–H and O–H groups in total.